The van der Waals surface area contributed by atoms with Gasteiger partial charge < -0.3 is 14.8 Å². The van der Waals surface area contributed by atoms with Gasteiger partial charge in [0.25, 0.3) is 5.56 Å². The maximum atomic E-state index is 12.4. The average molecular weight is 416 g/mol. The summed E-state index contributed by atoms with van der Waals surface area (Å²) in [6, 6.07) is 15.3. The van der Waals surface area contributed by atoms with E-state index in [9.17, 15) is 9.59 Å². The van der Waals surface area contributed by atoms with Crippen molar-refractivity contribution in [1.82, 2.24) is 15.1 Å². The van der Waals surface area contributed by atoms with Crippen LogP contribution in [0.4, 0.5) is 5.69 Å². The predicted molar refractivity (Wildman–Crippen MR) is 120 cm³/mol. The third kappa shape index (κ3) is 4.55. The highest BCUT2D eigenvalue weighted by molar-refractivity contribution is 5.91. The smallest absolute Gasteiger partial charge is 0.259 e. The number of aromatic amines is 1. The van der Waals surface area contributed by atoms with Crippen molar-refractivity contribution in [1.29, 1.82) is 0 Å². The molecule has 0 bridgehead atoms. The second-order valence-corrected chi connectivity index (χ2v) is 7.90. The van der Waals surface area contributed by atoms with Gasteiger partial charge in [-0.05, 0) is 48.1 Å². The predicted octanol–water partition coefficient (Wildman–Crippen LogP) is 4.58. The van der Waals surface area contributed by atoms with Crippen LogP contribution in [0.1, 0.15) is 43.2 Å². The first kappa shape index (κ1) is 20.5. The second kappa shape index (κ2) is 8.55. The number of benzene rings is 2. The summed E-state index contributed by atoms with van der Waals surface area (Å²) in [7, 11) is 0. The van der Waals surface area contributed by atoms with Crippen LogP contribution in [0, 0.1) is 6.92 Å². The van der Waals surface area contributed by atoms with E-state index in [-0.39, 0.29) is 30.1 Å². The van der Waals surface area contributed by atoms with Crippen molar-refractivity contribution in [3.05, 3.63) is 75.9 Å². The Morgan fingerprint density at radius 2 is 1.97 bits per heavy atom. The van der Waals surface area contributed by atoms with E-state index in [2.05, 4.69) is 34.3 Å². The monoisotopic (exact) mass is 416 g/mol. The van der Waals surface area contributed by atoms with E-state index in [1.165, 1.54) is 0 Å². The molecule has 0 aliphatic carbocycles. The average Bonchev–Trinajstić information content (AvgIpc) is 3.21. The van der Waals surface area contributed by atoms with Crippen LogP contribution < -0.4 is 10.9 Å². The van der Waals surface area contributed by atoms with Gasteiger partial charge in [0.1, 0.15) is 0 Å². The number of fused-ring (bicyclic) bond motifs is 1. The van der Waals surface area contributed by atoms with Crippen LogP contribution in [0.25, 0.3) is 22.3 Å². The first-order valence-electron chi connectivity index (χ1n) is 10.3. The minimum absolute atomic E-state index is 0.133. The number of carbonyl (C=O) groups excluding carboxylic acids is 1. The van der Waals surface area contributed by atoms with Crippen LogP contribution in [0.5, 0.6) is 0 Å². The lowest BCUT2D eigenvalue weighted by Gasteiger charge is -2.13. The molecule has 0 atom stereocenters. The first-order valence-corrected chi connectivity index (χ1v) is 10.3. The molecule has 4 aromatic rings. The highest BCUT2D eigenvalue weighted by atomic mass is 16.5. The standard InChI is InChI=1S/C24H24N4O3/c1-14(2)17-6-4-5-7-20(17)25-21(29)10-11-22-27-23(28-31-22)18-13-16-12-15(3)8-9-19(16)26-24(18)30/h4-9,12-14H,10-11H2,1-3H3,(H,25,29)(H,26,30). The largest absolute Gasteiger partial charge is 0.339 e. The topological polar surface area (TPSA) is 101 Å². The maximum Gasteiger partial charge on any atom is 0.259 e. The van der Waals surface area contributed by atoms with Crippen LogP contribution in [-0.4, -0.2) is 21.0 Å². The first-order chi connectivity index (χ1) is 14.9. The van der Waals surface area contributed by atoms with Crippen LogP contribution in [0.2, 0.25) is 0 Å². The van der Waals surface area contributed by atoms with E-state index in [1.807, 2.05) is 49.4 Å². The Morgan fingerprint density at radius 1 is 1.16 bits per heavy atom. The number of anilines is 1. The van der Waals surface area contributed by atoms with Gasteiger partial charge in [0, 0.05) is 24.0 Å². The Balaban J connectivity index is 1.46. The molecule has 0 saturated carbocycles. The van der Waals surface area contributed by atoms with Crippen LogP contribution in [-0.2, 0) is 11.2 Å². The summed E-state index contributed by atoms with van der Waals surface area (Å²) < 4.78 is 5.28. The number of aryl methyl sites for hydroxylation is 2. The van der Waals surface area contributed by atoms with Gasteiger partial charge in [-0.2, -0.15) is 4.98 Å². The number of amides is 1. The number of rotatable bonds is 6. The molecule has 2 aromatic carbocycles. The molecule has 2 N–H and O–H groups in total. The summed E-state index contributed by atoms with van der Waals surface area (Å²) in [6.07, 6.45) is 0.481. The molecule has 0 aliphatic heterocycles. The molecular formula is C24H24N4O3. The molecule has 7 nitrogen and oxygen atoms in total. The number of para-hydroxylation sites is 1. The van der Waals surface area contributed by atoms with Crippen molar-refractivity contribution in [2.75, 3.05) is 5.32 Å². The SMILES string of the molecule is Cc1ccc2[nH]c(=O)c(-c3noc(CCC(=O)Nc4ccccc4C(C)C)n3)cc2c1. The Hall–Kier alpha value is -3.74. The number of carbonyl (C=O) groups is 1. The van der Waals surface area contributed by atoms with Gasteiger partial charge in [0.05, 0.1) is 5.56 Å². The van der Waals surface area contributed by atoms with Crippen molar-refractivity contribution in [2.24, 2.45) is 0 Å². The van der Waals surface area contributed by atoms with E-state index < -0.39 is 0 Å². The molecule has 0 spiro atoms. The fourth-order valence-electron chi connectivity index (χ4n) is 3.51. The molecule has 2 aromatic heterocycles. The number of pyridine rings is 1. The number of hydrogen-bond donors (Lipinski definition) is 2. The van der Waals surface area contributed by atoms with Crippen molar-refractivity contribution in [3.63, 3.8) is 0 Å². The molecule has 0 fully saturated rings. The fraction of sp³-hybridized carbons (Fsp3) is 0.250. The van der Waals surface area contributed by atoms with E-state index >= 15 is 0 Å². The molecule has 0 aliphatic rings. The zero-order valence-corrected chi connectivity index (χ0v) is 17.7. The molecule has 0 unspecified atom stereocenters. The lowest BCUT2D eigenvalue weighted by molar-refractivity contribution is -0.116. The van der Waals surface area contributed by atoms with Gasteiger partial charge in [-0.25, -0.2) is 0 Å². The Bertz CT molecular complexity index is 1300. The van der Waals surface area contributed by atoms with Crippen LogP contribution >= 0.6 is 0 Å². The van der Waals surface area contributed by atoms with Crippen molar-refractivity contribution >= 4 is 22.5 Å². The summed E-state index contributed by atoms with van der Waals surface area (Å²) in [5, 5.41) is 7.78. The van der Waals surface area contributed by atoms with Crippen molar-refractivity contribution in [3.8, 4) is 11.4 Å². The van der Waals surface area contributed by atoms with Crippen LogP contribution in [0.3, 0.4) is 0 Å². The molecular weight excluding hydrogens is 392 g/mol. The second-order valence-electron chi connectivity index (χ2n) is 7.90. The molecule has 0 saturated heterocycles. The molecule has 2 heterocycles. The molecule has 7 heteroatoms. The Kier molecular flexibility index (Phi) is 5.66. The molecule has 4 rings (SSSR count). The summed E-state index contributed by atoms with van der Waals surface area (Å²) in [4.78, 5) is 32.0. The lowest BCUT2D eigenvalue weighted by atomic mass is 10.0. The lowest BCUT2D eigenvalue weighted by Crippen LogP contribution is -2.14. The third-order valence-electron chi connectivity index (χ3n) is 5.13. The molecule has 158 valence electrons. The summed E-state index contributed by atoms with van der Waals surface area (Å²) in [5.41, 5.74) is 3.79. The number of nitrogens with zero attached hydrogens (tertiary/aromatic N) is 2. The van der Waals surface area contributed by atoms with Gasteiger partial charge >= 0.3 is 0 Å². The Labute approximate surface area is 179 Å². The third-order valence-corrected chi connectivity index (χ3v) is 5.13. The zero-order valence-electron chi connectivity index (χ0n) is 17.7. The van der Waals surface area contributed by atoms with E-state index in [0.29, 0.717) is 17.4 Å². The number of aromatic nitrogens is 3. The quantitative estimate of drug-likeness (QED) is 0.479. The zero-order chi connectivity index (χ0) is 22.0. The minimum Gasteiger partial charge on any atom is -0.339 e. The number of H-pyrrole nitrogens is 1. The van der Waals surface area contributed by atoms with E-state index in [0.717, 1.165) is 27.7 Å². The summed E-state index contributed by atoms with van der Waals surface area (Å²) >= 11 is 0. The summed E-state index contributed by atoms with van der Waals surface area (Å²) in [5.74, 6) is 0.696. The van der Waals surface area contributed by atoms with E-state index in [4.69, 9.17) is 4.52 Å². The normalized spacial score (nSPS) is 11.2. The highest BCUT2D eigenvalue weighted by Gasteiger charge is 2.15. The van der Waals surface area contributed by atoms with E-state index in [1.54, 1.807) is 6.07 Å². The number of nitrogens with one attached hydrogen (secondary N) is 2. The van der Waals surface area contributed by atoms with Gasteiger partial charge in [-0.1, -0.05) is 48.8 Å². The molecule has 0 radical (unpaired) electrons. The van der Waals surface area contributed by atoms with Gasteiger partial charge in [-0.15, -0.1) is 0 Å². The van der Waals surface area contributed by atoms with Crippen molar-refractivity contribution in [2.45, 2.75) is 39.5 Å². The molecule has 31 heavy (non-hydrogen) atoms. The minimum atomic E-state index is -0.285. The van der Waals surface area contributed by atoms with Gasteiger partial charge in [0.15, 0.2) is 0 Å². The molecule has 1 amide bonds. The highest BCUT2D eigenvalue weighted by Crippen LogP contribution is 2.24. The van der Waals surface area contributed by atoms with Crippen LogP contribution in [0.15, 0.2) is 57.8 Å². The maximum absolute atomic E-state index is 12.4. The number of hydrogen-bond acceptors (Lipinski definition) is 5. The van der Waals surface area contributed by atoms with Gasteiger partial charge in [0.2, 0.25) is 17.6 Å². The van der Waals surface area contributed by atoms with Crippen molar-refractivity contribution < 1.29 is 9.32 Å². The Morgan fingerprint density at radius 3 is 2.77 bits per heavy atom. The fourth-order valence-corrected chi connectivity index (χ4v) is 3.51. The van der Waals surface area contributed by atoms with Gasteiger partial charge in [-0.3, -0.25) is 9.59 Å². The summed E-state index contributed by atoms with van der Waals surface area (Å²) in [6.45, 7) is 6.16.